The molecule has 4 rings (SSSR count). The minimum atomic E-state index is -0.753. The number of benzene rings is 3. The summed E-state index contributed by atoms with van der Waals surface area (Å²) in [4.78, 5) is 30.5. The highest BCUT2D eigenvalue weighted by Gasteiger charge is 2.47. The first-order valence-electron chi connectivity index (χ1n) is 12.4. The number of amides is 1. The van der Waals surface area contributed by atoms with Crippen molar-refractivity contribution in [1.82, 2.24) is 0 Å². The number of ketones is 1. The van der Waals surface area contributed by atoms with E-state index in [2.05, 4.69) is 18.7 Å². The Morgan fingerprint density at radius 3 is 2.14 bits per heavy atom. The highest BCUT2D eigenvalue weighted by atomic mass is 16.5. The van der Waals surface area contributed by atoms with E-state index < -0.39 is 17.7 Å². The van der Waals surface area contributed by atoms with Gasteiger partial charge in [-0.1, -0.05) is 24.3 Å². The second-order valence-corrected chi connectivity index (χ2v) is 8.67. The third-order valence-electron chi connectivity index (χ3n) is 6.62. The lowest BCUT2D eigenvalue weighted by Crippen LogP contribution is -2.30. The van der Waals surface area contributed by atoms with E-state index in [-0.39, 0.29) is 11.3 Å². The van der Waals surface area contributed by atoms with Crippen molar-refractivity contribution in [3.63, 3.8) is 0 Å². The van der Waals surface area contributed by atoms with Crippen LogP contribution in [0.3, 0.4) is 0 Å². The van der Waals surface area contributed by atoms with Crippen molar-refractivity contribution >= 4 is 28.8 Å². The molecule has 3 aromatic carbocycles. The number of aliphatic hydroxyl groups excluding tert-OH is 1. The maximum atomic E-state index is 13.4. The fourth-order valence-electron chi connectivity index (χ4n) is 4.73. The molecule has 0 aromatic heterocycles. The standard InChI is InChI=1S/C30H32N2O4/c1-5-31(6-2)22-14-16-23(17-15-22)32-27(25-11-9-8-10-20(25)4)26(29(34)30(32)35)28(33)21-12-18-24(19-13-21)36-7-3/h8-19,27,33H,5-7H2,1-4H3/b28-26+. The molecule has 0 radical (unpaired) electrons. The summed E-state index contributed by atoms with van der Waals surface area (Å²) >= 11 is 0. The monoisotopic (exact) mass is 484 g/mol. The average Bonchev–Trinajstić information content (AvgIpc) is 3.16. The number of carbonyl (C=O) groups excluding carboxylic acids is 2. The van der Waals surface area contributed by atoms with Crippen LogP contribution in [0.25, 0.3) is 5.76 Å². The zero-order valence-corrected chi connectivity index (χ0v) is 21.2. The van der Waals surface area contributed by atoms with Gasteiger partial charge in [0.2, 0.25) is 0 Å². The Kier molecular flexibility index (Phi) is 7.44. The van der Waals surface area contributed by atoms with Gasteiger partial charge in [-0.25, -0.2) is 0 Å². The number of rotatable bonds is 8. The number of anilines is 2. The van der Waals surface area contributed by atoms with Crippen molar-refractivity contribution < 1.29 is 19.4 Å². The van der Waals surface area contributed by atoms with Gasteiger partial charge >= 0.3 is 0 Å². The lowest BCUT2D eigenvalue weighted by molar-refractivity contribution is -0.132. The number of nitrogens with zero attached hydrogens (tertiary/aromatic N) is 2. The van der Waals surface area contributed by atoms with Crippen LogP contribution in [0.4, 0.5) is 11.4 Å². The van der Waals surface area contributed by atoms with E-state index in [1.165, 1.54) is 4.90 Å². The summed E-state index contributed by atoms with van der Waals surface area (Å²) in [6, 6.07) is 21.4. The lowest BCUT2D eigenvalue weighted by atomic mass is 9.92. The highest BCUT2D eigenvalue weighted by Crippen LogP contribution is 2.43. The molecule has 0 bridgehead atoms. The number of aryl methyl sites for hydroxylation is 1. The molecule has 1 fully saturated rings. The topological polar surface area (TPSA) is 70.1 Å². The van der Waals surface area contributed by atoms with Gasteiger partial charge in [-0.2, -0.15) is 0 Å². The number of hydrogen-bond acceptors (Lipinski definition) is 5. The summed E-state index contributed by atoms with van der Waals surface area (Å²) in [6.45, 7) is 10.3. The first kappa shape index (κ1) is 25.0. The van der Waals surface area contributed by atoms with E-state index in [4.69, 9.17) is 4.74 Å². The Hall–Kier alpha value is -4.06. The Bertz CT molecular complexity index is 1280. The van der Waals surface area contributed by atoms with Crippen LogP contribution in [0, 0.1) is 6.92 Å². The minimum absolute atomic E-state index is 0.0753. The second kappa shape index (κ2) is 10.7. The van der Waals surface area contributed by atoms with Gasteiger partial charge in [0.25, 0.3) is 11.7 Å². The van der Waals surface area contributed by atoms with Crippen LogP contribution in [-0.4, -0.2) is 36.5 Å². The van der Waals surface area contributed by atoms with Gasteiger partial charge < -0.3 is 14.7 Å². The molecule has 1 aliphatic rings. The van der Waals surface area contributed by atoms with Crippen LogP contribution in [0.2, 0.25) is 0 Å². The van der Waals surface area contributed by atoms with E-state index in [0.29, 0.717) is 23.6 Å². The van der Waals surface area contributed by atoms with E-state index in [1.54, 1.807) is 24.3 Å². The third kappa shape index (κ3) is 4.59. The molecule has 0 spiro atoms. The van der Waals surface area contributed by atoms with Crippen LogP contribution >= 0.6 is 0 Å². The molecule has 6 nitrogen and oxygen atoms in total. The quantitative estimate of drug-likeness (QED) is 0.246. The SMILES string of the molecule is CCOc1ccc(/C(O)=C2\C(=O)C(=O)N(c3ccc(N(CC)CC)cc3)C2c2ccccc2C)cc1. The minimum Gasteiger partial charge on any atom is -0.507 e. The number of aliphatic hydroxyl groups is 1. The first-order chi connectivity index (χ1) is 17.4. The molecule has 186 valence electrons. The zero-order valence-electron chi connectivity index (χ0n) is 21.2. The number of hydrogen-bond donors (Lipinski definition) is 1. The summed E-state index contributed by atoms with van der Waals surface area (Å²) in [5.74, 6) is -0.904. The summed E-state index contributed by atoms with van der Waals surface area (Å²) in [5, 5.41) is 11.3. The Balaban J connectivity index is 1.85. The van der Waals surface area contributed by atoms with Crippen LogP contribution in [-0.2, 0) is 9.59 Å². The van der Waals surface area contributed by atoms with Crippen molar-refractivity contribution in [2.45, 2.75) is 33.7 Å². The molecule has 6 heteroatoms. The molecule has 1 unspecified atom stereocenters. The molecule has 1 saturated heterocycles. The Morgan fingerprint density at radius 2 is 1.56 bits per heavy atom. The fraction of sp³-hybridized carbons (Fsp3) is 0.267. The zero-order chi connectivity index (χ0) is 25.8. The summed E-state index contributed by atoms with van der Waals surface area (Å²) in [7, 11) is 0. The second-order valence-electron chi connectivity index (χ2n) is 8.67. The average molecular weight is 485 g/mol. The van der Waals surface area contributed by atoms with Crippen LogP contribution in [0.5, 0.6) is 5.75 Å². The highest BCUT2D eigenvalue weighted by molar-refractivity contribution is 6.51. The fourth-order valence-corrected chi connectivity index (χ4v) is 4.73. The van der Waals surface area contributed by atoms with Gasteiger partial charge in [-0.3, -0.25) is 14.5 Å². The van der Waals surface area contributed by atoms with Crippen molar-refractivity contribution in [3.05, 3.63) is 95.1 Å². The maximum Gasteiger partial charge on any atom is 0.300 e. The molecule has 1 heterocycles. The predicted molar refractivity (Wildman–Crippen MR) is 144 cm³/mol. The van der Waals surface area contributed by atoms with E-state index in [0.717, 1.165) is 29.9 Å². The van der Waals surface area contributed by atoms with Crippen LogP contribution in [0.15, 0.2) is 78.4 Å². The number of ether oxygens (including phenoxy) is 1. The van der Waals surface area contributed by atoms with Crippen molar-refractivity contribution in [3.8, 4) is 5.75 Å². The van der Waals surface area contributed by atoms with Gasteiger partial charge in [0.15, 0.2) is 0 Å². The van der Waals surface area contributed by atoms with Gasteiger partial charge in [0.05, 0.1) is 18.2 Å². The summed E-state index contributed by atoms with van der Waals surface area (Å²) in [6.07, 6.45) is 0. The van der Waals surface area contributed by atoms with E-state index in [1.807, 2.05) is 62.4 Å². The van der Waals surface area contributed by atoms with Crippen molar-refractivity contribution in [1.29, 1.82) is 0 Å². The number of Topliss-reactive ketones (excluding diaryl/α,β-unsaturated/α-hetero) is 1. The number of carbonyl (C=O) groups is 2. The van der Waals surface area contributed by atoms with Gasteiger partial charge in [-0.05, 0) is 87.4 Å². The molecule has 0 saturated carbocycles. The maximum absolute atomic E-state index is 13.4. The van der Waals surface area contributed by atoms with Crippen molar-refractivity contribution in [2.75, 3.05) is 29.5 Å². The van der Waals surface area contributed by atoms with Crippen LogP contribution < -0.4 is 14.5 Å². The predicted octanol–water partition coefficient (Wildman–Crippen LogP) is 5.87. The van der Waals surface area contributed by atoms with E-state index in [9.17, 15) is 14.7 Å². The molecule has 36 heavy (non-hydrogen) atoms. The third-order valence-corrected chi connectivity index (χ3v) is 6.62. The molecule has 1 amide bonds. The van der Waals surface area contributed by atoms with Crippen LogP contribution in [0.1, 0.15) is 43.5 Å². The molecule has 1 atom stereocenters. The van der Waals surface area contributed by atoms with Crippen molar-refractivity contribution in [2.24, 2.45) is 0 Å². The molecular formula is C30H32N2O4. The Morgan fingerprint density at radius 1 is 0.917 bits per heavy atom. The first-order valence-corrected chi connectivity index (χ1v) is 12.4. The normalized spacial score (nSPS) is 16.9. The molecule has 0 aliphatic carbocycles. The van der Waals surface area contributed by atoms with Gasteiger partial charge in [-0.15, -0.1) is 0 Å². The lowest BCUT2D eigenvalue weighted by Gasteiger charge is -2.27. The molecule has 1 aliphatic heterocycles. The molecule has 3 aromatic rings. The summed E-state index contributed by atoms with van der Waals surface area (Å²) in [5.41, 5.74) is 3.89. The Labute approximate surface area is 212 Å². The molecule has 1 N–H and O–H groups in total. The van der Waals surface area contributed by atoms with E-state index >= 15 is 0 Å². The van der Waals surface area contributed by atoms with Gasteiger partial charge in [0, 0.05) is 30.0 Å². The largest absolute Gasteiger partial charge is 0.507 e. The smallest absolute Gasteiger partial charge is 0.300 e. The van der Waals surface area contributed by atoms with Gasteiger partial charge in [0.1, 0.15) is 11.5 Å². The summed E-state index contributed by atoms with van der Waals surface area (Å²) < 4.78 is 5.50. The molecular weight excluding hydrogens is 452 g/mol.